The maximum absolute atomic E-state index is 12.7. The van der Waals surface area contributed by atoms with Crippen molar-refractivity contribution in [1.29, 1.82) is 0 Å². The number of fused-ring (bicyclic) bond motifs is 1. The molecule has 1 aliphatic heterocycles. The van der Waals surface area contributed by atoms with Crippen LogP contribution in [0.25, 0.3) is 10.9 Å². The Labute approximate surface area is 125 Å². The van der Waals surface area contributed by atoms with Crippen LogP contribution in [0.2, 0.25) is 0 Å². The number of pyridine rings is 1. The highest BCUT2D eigenvalue weighted by Gasteiger charge is 2.32. The van der Waals surface area contributed by atoms with Crippen molar-refractivity contribution in [2.24, 2.45) is 11.7 Å². The number of para-hydroxylation sites is 1. The van der Waals surface area contributed by atoms with Gasteiger partial charge in [0.15, 0.2) is 0 Å². The lowest BCUT2D eigenvalue weighted by Crippen LogP contribution is -2.35. The highest BCUT2D eigenvalue weighted by Crippen LogP contribution is 2.25. The van der Waals surface area contributed by atoms with Crippen molar-refractivity contribution in [1.82, 2.24) is 9.88 Å². The molecule has 1 aliphatic rings. The number of aromatic nitrogens is 1. The van der Waals surface area contributed by atoms with Crippen molar-refractivity contribution in [3.63, 3.8) is 0 Å². The van der Waals surface area contributed by atoms with Crippen molar-refractivity contribution < 1.29 is 4.79 Å². The van der Waals surface area contributed by atoms with Crippen LogP contribution < -0.4 is 5.73 Å². The van der Waals surface area contributed by atoms with Crippen LogP contribution in [-0.4, -0.2) is 34.9 Å². The number of likely N-dealkylation sites (tertiary alicyclic amines) is 1. The Morgan fingerprint density at radius 3 is 2.90 bits per heavy atom. The topological polar surface area (TPSA) is 59.2 Å². The SMILES string of the molecule is Cc1cc(C(=O)N2CC(CN)CC2C)nc2ccccc12. The number of hydrogen-bond donors (Lipinski definition) is 1. The van der Waals surface area contributed by atoms with Gasteiger partial charge in [0.2, 0.25) is 0 Å². The summed E-state index contributed by atoms with van der Waals surface area (Å²) in [5, 5.41) is 1.10. The largest absolute Gasteiger partial charge is 0.334 e. The molecule has 0 radical (unpaired) electrons. The van der Waals surface area contributed by atoms with Crippen molar-refractivity contribution in [3.8, 4) is 0 Å². The van der Waals surface area contributed by atoms with Gasteiger partial charge < -0.3 is 10.6 Å². The molecule has 4 nitrogen and oxygen atoms in total. The Hall–Kier alpha value is -1.94. The molecule has 0 saturated carbocycles. The molecule has 1 aromatic heterocycles. The molecule has 2 unspecified atom stereocenters. The van der Waals surface area contributed by atoms with E-state index >= 15 is 0 Å². The average Bonchev–Trinajstić information content (AvgIpc) is 2.87. The second kappa shape index (κ2) is 5.45. The molecule has 1 fully saturated rings. The van der Waals surface area contributed by atoms with Gasteiger partial charge in [0, 0.05) is 18.0 Å². The van der Waals surface area contributed by atoms with E-state index in [0.29, 0.717) is 18.2 Å². The molecule has 21 heavy (non-hydrogen) atoms. The Morgan fingerprint density at radius 2 is 2.19 bits per heavy atom. The third kappa shape index (κ3) is 2.51. The zero-order valence-electron chi connectivity index (χ0n) is 12.5. The van der Waals surface area contributed by atoms with Crippen LogP contribution in [0.4, 0.5) is 0 Å². The predicted molar refractivity (Wildman–Crippen MR) is 84.1 cm³/mol. The standard InChI is InChI=1S/C17H21N3O/c1-11-7-16(19-15-6-4-3-5-14(11)15)17(21)20-10-13(9-18)8-12(20)2/h3-7,12-13H,8-10,18H2,1-2H3. The van der Waals surface area contributed by atoms with Gasteiger partial charge in [0.25, 0.3) is 5.91 Å². The highest BCUT2D eigenvalue weighted by molar-refractivity contribution is 5.96. The summed E-state index contributed by atoms with van der Waals surface area (Å²) in [6, 6.07) is 10.1. The molecule has 3 rings (SSSR count). The first-order valence-corrected chi connectivity index (χ1v) is 7.47. The Kier molecular flexibility index (Phi) is 3.64. The van der Waals surface area contributed by atoms with Crippen LogP contribution >= 0.6 is 0 Å². The van der Waals surface area contributed by atoms with Gasteiger partial charge >= 0.3 is 0 Å². The summed E-state index contributed by atoms with van der Waals surface area (Å²) in [5.41, 5.74) is 8.25. The Bertz CT molecular complexity index is 683. The lowest BCUT2D eigenvalue weighted by molar-refractivity contribution is 0.0738. The lowest BCUT2D eigenvalue weighted by Gasteiger charge is -2.21. The van der Waals surface area contributed by atoms with Crippen LogP contribution in [0.15, 0.2) is 30.3 Å². The lowest BCUT2D eigenvalue weighted by atomic mass is 10.1. The van der Waals surface area contributed by atoms with Crippen LogP contribution in [0.5, 0.6) is 0 Å². The van der Waals surface area contributed by atoms with Gasteiger partial charge in [0.1, 0.15) is 5.69 Å². The number of aryl methyl sites for hydroxylation is 1. The third-order valence-electron chi connectivity index (χ3n) is 4.40. The number of hydrogen-bond acceptors (Lipinski definition) is 3. The molecule has 1 aromatic carbocycles. The molecule has 4 heteroatoms. The van der Waals surface area contributed by atoms with Gasteiger partial charge in [-0.05, 0) is 50.4 Å². The predicted octanol–water partition coefficient (Wildman–Crippen LogP) is 2.35. The summed E-state index contributed by atoms with van der Waals surface area (Å²) in [6.45, 7) is 5.49. The van der Waals surface area contributed by atoms with Gasteiger partial charge in [-0.2, -0.15) is 0 Å². The quantitative estimate of drug-likeness (QED) is 0.920. The van der Waals surface area contributed by atoms with E-state index in [1.54, 1.807) is 0 Å². The minimum atomic E-state index is 0.0207. The number of rotatable bonds is 2. The molecule has 0 bridgehead atoms. The zero-order valence-corrected chi connectivity index (χ0v) is 12.5. The smallest absolute Gasteiger partial charge is 0.272 e. The first kappa shape index (κ1) is 14.0. The molecular weight excluding hydrogens is 262 g/mol. The molecule has 2 aromatic rings. The maximum Gasteiger partial charge on any atom is 0.272 e. The fourth-order valence-corrected chi connectivity index (χ4v) is 3.20. The van der Waals surface area contributed by atoms with E-state index in [4.69, 9.17) is 5.73 Å². The van der Waals surface area contributed by atoms with E-state index in [-0.39, 0.29) is 11.9 Å². The fraction of sp³-hybridized carbons (Fsp3) is 0.412. The molecule has 0 aliphatic carbocycles. The van der Waals surface area contributed by atoms with Crippen molar-refractivity contribution >= 4 is 16.8 Å². The number of nitrogens with zero attached hydrogens (tertiary/aromatic N) is 2. The van der Waals surface area contributed by atoms with Crippen LogP contribution in [-0.2, 0) is 0 Å². The summed E-state index contributed by atoms with van der Waals surface area (Å²) in [4.78, 5) is 19.2. The molecule has 2 heterocycles. The van der Waals surface area contributed by atoms with Crippen LogP contribution in [0, 0.1) is 12.8 Å². The first-order chi connectivity index (χ1) is 10.1. The number of nitrogens with two attached hydrogens (primary N) is 1. The number of benzene rings is 1. The summed E-state index contributed by atoms with van der Waals surface area (Å²) in [7, 11) is 0. The molecular formula is C17H21N3O. The van der Waals surface area contributed by atoms with E-state index in [2.05, 4.69) is 11.9 Å². The highest BCUT2D eigenvalue weighted by atomic mass is 16.2. The van der Waals surface area contributed by atoms with Gasteiger partial charge in [-0.25, -0.2) is 4.98 Å². The average molecular weight is 283 g/mol. The van der Waals surface area contributed by atoms with E-state index in [0.717, 1.165) is 29.4 Å². The Morgan fingerprint density at radius 1 is 1.43 bits per heavy atom. The van der Waals surface area contributed by atoms with Gasteiger partial charge in [-0.3, -0.25) is 4.79 Å². The maximum atomic E-state index is 12.7. The van der Waals surface area contributed by atoms with E-state index in [1.807, 2.05) is 42.2 Å². The Balaban J connectivity index is 1.95. The normalized spacial score (nSPS) is 22.0. The van der Waals surface area contributed by atoms with Crippen molar-refractivity contribution in [2.45, 2.75) is 26.3 Å². The summed E-state index contributed by atoms with van der Waals surface area (Å²) >= 11 is 0. The number of amides is 1. The molecule has 2 N–H and O–H groups in total. The number of carbonyl (C=O) groups excluding carboxylic acids is 1. The summed E-state index contributed by atoms with van der Waals surface area (Å²) in [6.07, 6.45) is 0.981. The minimum Gasteiger partial charge on any atom is -0.334 e. The second-order valence-electron chi connectivity index (χ2n) is 5.99. The van der Waals surface area contributed by atoms with Crippen molar-refractivity contribution in [2.75, 3.05) is 13.1 Å². The zero-order chi connectivity index (χ0) is 15.0. The molecule has 1 saturated heterocycles. The van der Waals surface area contributed by atoms with Gasteiger partial charge in [-0.15, -0.1) is 0 Å². The van der Waals surface area contributed by atoms with Gasteiger partial charge in [0.05, 0.1) is 5.52 Å². The van der Waals surface area contributed by atoms with E-state index in [1.165, 1.54) is 0 Å². The monoisotopic (exact) mass is 283 g/mol. The summed E-state index contributed by atoms with van der Waals surface area (Å²) in [5.74, 6) is 0.429. The third-order valence-corrected chi connectivity index (χ3v) is 4.40. The summed E-state index contributed by atoms with van der Waals surface area (Å²) < 4.78 is 0. The minimum absolute atomic E-state index is 0.0207. The molecule has 2 atom stereocenters. The molecule has 0 spiro atoms. The van der Waals surface area contributed by atoms with Crippen molar-refractivity contribution in [3.05, 3.63) is 41.6 Å². The van der Waals surface area contributed by atoms with Gasteiger partial charge in [-0.1, -0.05) is 18.2 Å². The fourth-order valence-electron chi connectivity index (χ4n) is 3.20. The molecule has 110 valence electrons. The molecule has 1 amide bonds. The van der Waals surface area contributed by atoms with Crippen LogP contribution in [0.3, 0.4) is 0 Å². The van der Waals surface area contributed by atoms with E-state index in [9.17, 15) is 4.79 Å². The first-order valence-electron chi connectivity index (χ1n) is 7.47. The van der Waals surface area contributed by atoms with E-state index < -0.39 is 0 Å². The number of carbonyl (C=O) groups is 1. The van der Waals surface area contributed by atoms with Crippen LogP contribution in [0.1, 0.15) is 29.4 Å². The second-order valence-corrected chi connectivity index (χ2v) is 5.99.